The number of nitrogens with one attached hydrogen (secondary N) is 1. The molecular weight excluding hydrogens is 236 g/mol. The van der Waals surface area contributed by atoms with E-state index < -0.39 is 0 Å². The summed E-state index contributed by atoms with van der Waals surface area (Å²) < 4.78 is 5.97. The lowest BCUT2D eigenvalue weighted by Crippen LogP contribution is -2.30. The first-order valence-corrected chi connectivity index (χ1v) is 7.29. The molecule has 0 amide bonds. The largest absolute Gasteiger partial charge is 0.493 e. The molecule has 1 aromatic carbocycles. The molecule has 1 aliphatic heterocycles. The molecule has 0 saturated carbocycles. The molecule has 3 nitrogen and oxygen atoms in total. The van der Waals surface area contributed by atoms with E-state index in [0.717, 1.165) is 43.3 Å². The van der Waals surface area contributed by atoms with E-state index in [4.69, 9.17) is 10.5 Å². The van der Waals surface area contributed by atoms with Crippen LogP contribution in [-0.2, 0) is 5.54 Å². The van der Waals surface area contributed by atoms with Crippen LogP contribution >= 0.6 is 0 Å². The maximum absolute atomic E-state index is 6.18. The summed E-state index contributed by atoms with van der Waals surface area (Å²) in [6.07, 6.45) is 3.68. The Labute approximate surface area is 116 Å². The zero-order valence-electron chi connectivity index (χ0n) is 12.1. The van der Waals surface area contributed by atoms with Gasteiger partial charge in [-0.15, -0.1) is 0 Å². The molecule has 0 aliphatic carbocycles. The number of nitrogens with two attached hydrogens (primary N) is 1. The summed E-state index contributed by atoms with van der Waals surface area (Å²) >= 11 is 0. The second-order valence-corrected chi connectivity index (χ2v) is 6.05. The Bertz CT molecular complexity index is 392. The number of ether oxygens (including phenoxy) is 1. The quantitative estimate of drug-likeness (QED) is 0.857. The zero-order valence-corrected chi connectivity index (χ0v) is 12.1. The van der Waals surface area contributed by atoms with Crippen molar-refractivity contribution in [2.24, 2.45) is 11.7 Å². The van der Waals surface area contributed by atoms with Crippen molar-refractivity contribution >= 4 is 0 Å². The van der Waals surface area contributed by atoms with Gasteiger partial charge in [0.15, 0.2) is 0 Å². The Balaban J connectivity index is 1.88. The van der Waals surface area contributed by atoms with Crippen molar-refractivity contribution < 1.29 is 4.74 Å². The average Bonchev–Trinajstić information content (AvgIpc) is 2.39. The van der Waals surface area contributed by atoms with E-state index in [0.29, 0.717) is 0 Å². The fourth-order valence-electron chi connectivity index (χ4n) is 2.63. The molecule has 0 bridgehead atoms. The monoisotopic (exact) mass is 262 g/mol. The van der Waals surface area contributed by atoms with Crippen molar-refractivity contribution in [3.05, 3.63) is 29.8 Å². The van der Waals surface area contributed by atoms with Gasteiger partial charge in [0.1, 0.15) is 5.75 Å². The first kappa shape index (κ1) is 14.4. The van der Waals surface area contributed by atoms with Gasteiger partial charge in [-0.1, -0.05) is 18.2 Å². The maximum atomic E-state index is 6.18. The normalized spacial score (nSPS) is 17.4. The molecular formula is C16H26N2O. The van der Waals surface area contributed by atoms with Gasteiger partial charge >= 0.3 is 0 Å². The van der Waals surface area contributed by atoms with E-state index in [1.807, 2.05) is 32.0 Å². The third-order valence-electron chi connectivity index (χ3n) is 3.82. The molecule has 1 saturated heterocycles. The second-order valence-electron chi connectivity index (χ2n) is 6.05. The Kier molecular flexibility index (Phi) is 4.83. The predicted octanol–water partition coefficient (Wildman–Crippen LogP) is 2.65. The van der Waals surface area contributed by atoms with Crippen molar-refractivity contribution in [1.29, 1.82) is 0 Å². The summed E-state index contributed by atoms with van der Waals surface area (Å²) in [6, 6.07) is 8.10. The lowest BCUT2D eigenvalue weighted by atomic mass is 9.94. The number of benzene rings is 1. The number of para-hydroxylation sites is 1. The molecule has 0 aromatic heterocycles. The smallest absolute Gasteiger partial charge is 0.124 e. The molecule has 1 aromatic rings. The number of hydrogen-bond acceptors (Lipinski definition) is 3. The fourth-order valence-corrected chi connectivity index (χ4v) is 2.63. The van der Waals surface area contributed by atoms with Crippen LogP contribution in [0.4, 0.5) is 0 Å². The van der Waals surface area contributed by atoms with Crippen LogP contribution in [0.15, 0.2) is 24.3 Å². The fraction of sp³-hybridized carbons (Fsp3) is 0.625. The van der Waals surface area contributed by atoms with Gasteiger partial charge in [0, 0.05) is 11.1 Å². The summed E-state index contributed by atoms with van der Waals surface area (Å²) in [5.74, 6) is 1.74. The predicted molar refractivity (Wildman–Crippen MR) is 79.4 cm³/mol. The van der Waals surface area contributed by atoms with Crippen LogP contribution in [0.2, 0.25) is 0 Å². The van der Waals surface area contributed by atoms with Crippen molar-refractivity contribution in [2.75, 3.05) is 19.7 Å². The van der Waals surface area contributed by atoms with E-state index in [2.05, 4.69) is 11.4 Å². The highest BCUT2D eigenvalue weighted by molar-refractivity contribution is 5.37. The van der Waals surface area contributed by atoms with Crippen LogP contribution in [0.25, 0.3) is 0 Å². The Morgan fingerprint density at radius 3 is 2.63 bits per heavy atom. The molecule has 2 rings (SSSR count). The van der Waals surface area contributed by atoms with Crippen LogP contribution in [0.5, 0.6) is 5.75 Å². The standard InChI is InChI=1S/C16H26N2O/c1-16(2,17)14-5-3-4-6-15(14)19-12-9-13-7-10-18-11-8-13/h3-6,13,18H,7-12,17H2,1-2H3. The van der Waals surface area contributed by atoms with Crippen LogP contribution in [0.3, 0.4) is 0 Å². The summed E-state index contributed by atoms with van der Waals surface area (Å²) in [4.78, 5) is 0. The van der Waals surface area contributed by atoms with Gasteiger partial charge in [0.25, 0.3) is 0 Å². The van der Waals surface area contributed by atoms with E-state index in [-0.39, 0.29) is 5.54 Å². The molecule has 0 spiro atoms. The third kappa shape index (κ3) is 4.22. The molecule has 0 radical (unpaired) electrons. The van der Waals surface area contributed by atoms with E-state index in [1.54, 1.807) is 0 Å². The highest BCUT2D eigenvalue weighted by atomic mass is 16.5. The van der Waals surface area contributed by atoms with Crippen LogP contribution in [-0.4, -0.2) is 19.7 Å². The maximum Gasteiger partial charge on any atom is 0.124 e. The molecule has 1 heterocycles. The van der Waals surface area contributed by atoms with Crippen LogP contribution < -0.4 is 15.8 Å². The number of rotatable bonds is 5. The third-order valence-corrected chi connectivity index (χ3v) is 3.82. The van der Waals surface area contributed by atoms with Gasteiger partial charge < -0.3 is 15.8 Å². The highest BCUT2D eigenvalue weighted by Crippen LogP contribution is 2.28. The second kappa shape index (κ2) is 6.40. The highest BCUT2D eigenvalue weighted by Gasteiger charge is 2.19. The molecule has 19 heavy (non-hydrogen) atoms. The molecule has 0 atom stereocenters. The van der Waals surface area contributed by atoms with Gasteiger partial charge in [0.2, 0.25) is 0 Å². The molecule has 3 heteroatoms. The summed E-state index contributed by atoms with van der Waals surface area (Å²) in [7, 11) is 0. The van der Waals surface area contributed by atoms with Crippen molar-refractivity contribution in [2.45, 2.75) is 38.6 Å². The number of hydrogen-bond donors (Lipinski definition) is 2. The summed E-state index contributed by atoms with van der Waals surface area (Å²) in [6.45, 7) is 7.12. The first-order valence-electron chi connectivity index (χ1n) is 7.29. The minimum Gasteiger partial charge on any atom is -0.493 e. The lowest BCUT2D eigenvalue weighted by molar-refractivity contribution is 0.247. The lowest BCUT2D eigenvalue weighted by Gasteiger charge is -2.25. The van der Waals surface area contributed by atoms with Crippen LogP contribution in [0, 0.1) is 5.92 Å². The first-order chi connectivity index (χ1) is 9.07. The minimum absolute atomic E-state index is 0.356. The van der Waals surface area contributed by atoms with E-state index in [9.17, 15) is 0 Å². The van der Waals surface area contributed by atoms with Gasteiger partial charge in [0.05, 0.1) is 6.61 Å². The summed E-state index contributed by atoms with van der Waals surface area (Å²) in [5, 5.41) is 3.39. The van der Waals surface area contributed by atoms with Gasteiger partial charge in [-0.3, -0.25) is 0 Å². The topological polar surface area (TPSA) is 47.3 Å². The molecule has 1 aliphatic rings. The molecule has 1 fully saturated rings. The van der Waals surface area contributed by atoms with Gasteiger partial charge in [-0.25, -0.2) is 0 Å². The van der Waals surface area contributed by atoms with Crippen molar-refractivity contribution in [1.82, 2.24) is 5.32 Å². The van der Waals surface area contributed by atoms with Gasteiger partial charge in [-0.2, -0.15) is 0 Å². The van der Waals surface area contributed by atoms with E-state index in [1.165, 1.54) is 12.8 Å². The average molecular weight is 262 g/mol. The SMILES string of the molecule is CC(C)(N)c1ccccc1OCCC1CCNCC1. The van der Waals surface area contributed by atoms with Crippen molar-refractivity contribution in [3.8, 4) is 5.75 Å². The zero-order chi connectivity index (χ0) is 13.7. The molecule has 0 unspecified atom stereocenters. The van der Waals surface area contributed by atoms with Crippen molar-refractivity contribution in [3.63, 3.8) is 0 Å². The minimum atomic E-state index is -0.356. The molecule has 3 N–H and O–H groups in total. The van der Waals surface area contributed by atoms with Crippen LogP contribution in [0.1, 0.15) is 38.7 Å². The number of piperidine rings is 1. The Morgan fingerprint density at radius 1 is 1.26 bits per heavy atom. The molecule has 106 valence electrons. The Morgan fingerprint density at radius 2 is 1.95 bits per heavy atom. The van der Waals surface area contributed by atoms with Gasteiger partial charge in [-0.05, 0) is 58.2 Å². The van der Waals surface area contributed by atoms with E-state index >= 15 is 0 Å². The summed E-state index contributed by atoms with van der Waals surface area (Å²) in [5.41, 5.74) is 6.91. The Hall–Kier alpha value is -1.06.